The smallest absolute Gasteiger partial charge is 0.164 e. The van der Waals surface area contributed by atoms with E-state index in [0.717, 1.165) is 60.5 Å². The highest BCUT2D eigenvalue weighted by molar-refractivity contribution is 6.08. The molecule has 0 amide bonds. The number of hydrogen-bond acceptors (Lipinski definition) is 4. The number of aromatic nitrogens is 5. The summed E-state index contributed by atoms with van der Waals surface area (Å²) < 4.78 is 2.30. The number of pyridine rings is 1. The quantitative estimate of drug-likeness (QED) is 0.184. The normalized spacial score (nSPS) is 13.1. The molecule has 0 saturated carbocycles. The molecule has 10 aromatic rings. The minimum absolute atomic E-state index is 0.271. The third-order valence-corrected chi connectivity index (χ3v) is 11.3. The summed E-state index contributed by atoms with van der Waals surface area (Å²) in [5.74, 6) is 1.97. The van der Waals surface area contributed by atoms with Crippen LogP contribution in [0.4, 0.5) is 0 Å². The van der Waals surface area contributed by atoms with Gasteiger partial charge in [0.05, 0.1) is 5.52 Å². The summed E-state index contributed by atoms with van der Waals surface area (Å²) in [4.78, 5) is 20.5. The van der Waals surface area contributed by atoms with Gasteiger partial charge < -0.3 is 0 Å². The molecule has 0 spiro atoms. The lowest BCUT2D eigenvalue weighted by atomic mass is 9.82. The molecule has 1 aliphatic rings. The molecule has 5 heteroatoms. The molecule has 0 radical (unpaired) electrons. The molecule has 3 heterocycles. The molecule has 0 unspecified atom stereocenters. The predicted octanol–water partition coefficient (Wildman–Crippen LogP) is 12.0. The van der Waals surface area contributed by atoms with E-state index in [1.165, 1.54) is 27.6 Å². The van der Waals surface area contributed by atoms with Crippen molar-refractivity contribution in [1.29, 1.82) is 0 Å². The van der Waals surface area contributed by atoms with Gasteiger partial charge in [-0.25, -0.2) is 19.9 Å². The Balaban J connectivity index is 1.08. The third kappa shape index (κ3) is 4.51. The Morgan fingerprint density at radius 3 is 1.70 bits per heavy atom. The fourth-order valence-corrected chi connectivity index (χ4v) is 8.65. The van der Waals surface area contributed by atoms with Crippen molar-refractivity contribution in [2.75, 3.05) is 0 Å². The zero-order valence-electron chi connectivity index (χ0n) is 29.8. The van der Waals surface area contributed by atoms with Gasteiger partial charge in [-0.1, -0.05) is 135 Å². The summed E-state index contributed by atoms with van der Waals surface area (Å²) in [6, 6.07) is 55.8. The summed E-state index contributed by atoms with van der Waals surface area (Å²) >= 11 is 0. The fourth-order valence-electron chi connectivity index (χ4n) is 8.65. The van der Waals surface area contributed by atoms with E-state index in [-0.39, 0.29) is 5.41 Å². The Kier molecular flexibility index (Phi) is 6.53. The first-order valence-electron chi connectivity index (χ1n) is 18.4. The lowest BCUT2D eigenvalue weighted by Gasteiger charge is -2.23. The average Bonchev–Trinajstić information content (AvgIpc) is 3.68. The van der Waals surface area contributed by atoms with Gasteiger partial charge in [0.15, 0.2) is 17.5 Å². The highest BCUT2D eigenvalue weighted by Crippen LogP contribution is 2.50. The summed E-state index contributed by atoms with van der Waals surface area (Å²) in [6.45, 7) is 4.65. The van der Waals surface area contributed by atoms with Crippen molar-refractivity contribution >= 4 is 43.5 Å². The zero-order chi connectivity index (χ0) is 36.0. The van der Waals surface area contributed by atoms with Crippen LogP contribution >= 0.6 is 0 Å². The van der Waals surface area contributed by atoms with Crippen LogP contribution in [0.2, 0.25) is 0 Å². The SMILES string of the molecule is CC1(C)c2cc(-c3nc(-c4cccc5ccccc45)nc(-c4cccc5ccccc45)n3)ccc2-c2ccc(-n3c4ccccc4c4cccnc43)cc21. The molecular weight excluding hydrogens is 659 g/mol. The molecule has 1 aliphatic carbocycles. The largest absolute Gasteiger partial charge is 0.294 e. The van der Waals surface area contributed by atoms with Gasteiger partial charge in [-0.05, 0) is 80.2 Å². The highest BCUT2D eigenvalue weighted by Gasteiger charge is 2.36. The van der Waals surface area contributed by atoms with Crippen LogP contribution in [0, 0.1) is 0 Å². The van der Waals surface area contributed by atoms with E-state index in [9.17, 15) is 0 Å². The monoisotopic (exact) mass is 691 g/mol. The highest BCUT2D eigenvalue weighted by atomic mass is 15.0. The van der Waals surface area contributed by atoms with Crippen molar-refractivity contribution in [2.45, 2.75) is 19.3 Å². The van der Waals surface area contributed by atoms with Crippen LogP contribution < -0.4 is 0 Å². The molecule has 7 aromatic carbocycles. The Bertz CT molecular complexity index is 2990. The Morgan fingerprint density at radius 1 is 0.444 bits per heavy atom. The minimum Gasteiger partial charge on any atom is -0.294 e. The van der Waals surface area contributed by atoms with Crippen molar-refractivity contribution in [1.82, 2.24) is 24.5 Å². The summed E-state index contributed by atoms with van der Waals surface area (Å²) in [5, 5.41) is 6.88. The van der Waals surface area contributed by atoms with Crippen molar-refractivity contribution < 1.29 is 0 Å². The number of hydrogen-bond donors (Lipinski definition) is 0. The van der Waals surface area contributed by atoms with Gasteiger partial charge in [-0.3, -0.25) is 4.57 Å². The fraction of sp³-hybridized carbons (Fsp3) is 0.0612. The number of nitrogens with zero attached hydrogens (tertiary/aromatic N) is 5. The maximum Gasteiger partial charge on any atom is 0.164 e. The third-order valence-electron chi connectivity index (χ3n) is 11.3. The summed E-state index contributed by atoms with van der Waals surface area (Å²) in [5.41, 5.74) is 10.9. The molecule has 254 valence electrons. The standard InChI is InChI=1S/C49H33N5/c1-49(2)42-28-32(23-25-36(42)37-26-24-33(29-43(37)49)54-44-22-8-7-18-38(44)41-21-11-27-50-48(41)54)45-51-46(39-19-9-14-30-12-3-5-16-34(30)39)53-47(52-45)40-20-10-15-31-13-4-6-17-35(31)40/h3-29H,1-2H3. The van der Waals surface area contributed by atoms with Gasteiger partial charge in [-0.2, -0.15) is 0 Å². The summed E-state index contributed by atoms with van der Waals surface area (Å²) in [6.07, 6.45) is 1.88. The number of rotatable bonds is 4. The second-order valence-electron chi connectivity index (χ2n) is 14.7. The van der Waals surface area contributed by atoms with Gasteiger partial charge in [0, 0.05) is 44.8 Å². The van der Waals surface area contributed by atoms with Gasteiger partial charge in [0.2, 0.25) is 0 Å². The van der Waals surface area contributed by atoms with E-state index in [1.807, 2.05) is 12.3 Å². The average molecular weight is 692 g/mol. The van der Waals surface area contributed by atoms with E-state index in [4.69, 9.17) is 19.9 Å². The summed E-state index contributed by atoms with van der Waals surface area (Å²) in [7, 11) is 0. The van der Waals surface area contributed by atoms with Crippen LogP contribution in [-0.4, -0.2) is 24.5 Å². The zero-order valence-corrected chi connectivity index (χ0v) is 29.8. The lowest BCUT2D eigenvalue weighted by molar-refractivity contribution is 0.660. The van der Waals surface area contributed by atoms with E-state index < -0.39 is 0 Å². The topological polar surface area (TPSA) is 56.5 Å². The van der Waals surface area contributed by atoms with Crippen molar-refractivity contribution in [3.8, 4) is 51.0 Å². The predicted molar refractivity (Wildman–Crippen MR) is 221 cm³/mol. The van der Waals surface area contributed by atoms with E-state index in [0.29, 0.717) is 17.5 Å². The number of benzene rings is 7. The minimum atomic E-state index is -0.271. The molecule has 54 heavy (non-hydrogen) atoms. The van der Waals surface area contributed by atoms with Crippen LogP contribution in [0.1, 0.15) is 25.0 Å². The first-order chi connectivity index (χ1) is 26.5. The first kappa shape index (κ1) is 30.6. The van der Waals surface area contributed by atoms with Crippen molar-refractivity contribution in [3.63, 3.8) is 0 Å². The second-order valence-corrected chi connectivity index (χ2v) is 14.7. The van der Waals surface area contributed by atoms with E-state index >= 15 is 0 Å². The van der Waals surface area contributed by atoms with E-state index in [1.54, 1.807) is 0 Å². The number of fused-ring (bicyclic) bond motifs is 8. The Morgan fingerprint density at radius 2 is 1.00 bits per heavy atom. The Labute approximate surface area is 312 Å². The molecule has 0 atom stereocenters. The van der Waals surface area contributed by atoms with Crippen LogP contribution in [0.5, 0.6) is 0 Å². The van der Waals surface area contributed by atoms with E-state index in [2.05, 4.69) is 170 Å². The lowest BCUT2D eigenvalue weighted by Crippen LogP contribution is -2.15. The molecule has 0 aliphatic heterocycles. The van der Waals surface area contributed by atoms with Crippen LogP contribution in [0.3, 0.4) is 0 Å². The first-order valence-corrected chi connectivity index (χ1v) is 18.4. The molecule has 5 nitrogen and oxygen atoms in total. The van der Waals surface area contributed by atoms with Crippen molar-refractivity contribution in [3.05, 3.63) is 175 Å². The van der Waals surface area contributed by atoms with Crippen LogP contribution in [0.15, 0.2) is 164 Å². The maximum absolute atomic E-state index is 5.23. The maximum atomic E-state index is 5.23. The molecule has 3 aromatic heterocycles. The molecule has 0 bridgehead atoms. The van der Waals surface area contributed by atoms with Gasteiger partial charge in [0.25, 0.3) is 0 Å². The second kappa shape index (κ2) is 11.5. The van der Waals surface area contributed by atoms with Gasteiger partial charge in [0.1, 0.15) is 5.65 Å². The number of para-hydroxylation sites is 1. The van der Waals surface area contributed by atoms with Crippen molar-refractivity contribution in [2.24, 2.45) is 0 Å². The molecule has 0 fully saturated rings. The van der Waals surface area contributed by atoms with Gasteiger partial charge in [-0.15, -0.1) is 0 Å². The molecule has 0 N–H and O–H groups in total. The molecule has 11 rings (SSSR count). The van der Waals surface area contributed by atoms with Crippen LogP contribution in [0.25, 0.3) is 94.5 Å². The van der Waals surface area contributed by atoms with Crippen LogP contribution in [-0.2, 0) is 5.41 Å². The Hall–Kier alpha value is -6.98. The van der Waals surface area contributed by atoms with Gasteiger partial charge >= 0.3 is 0 Å². The molecular formula is C49H33N5. The molecule has 0 saturated heterocycles.